The van der Waals surface area contributed by atoms with Crippen molar-refractivity contribution in [2.75, 3.05) is 24.6 Å². The molecule has 0 N–H and O–H groups in total. The van der Waals surface area contributed by atoms with Crippen LogP contribution in [0.4, 0.5) is 0 Å². The fourth-order valence-electron chi connectivity index (χ4n) is 1.60. The lowest BCUT2D eigenvalue weighted by atomic mass is 10.2. The maximum atomic E-state index is 12.2. The molecule has 0 atom stereocenters. The Kier molecular flexibility index (Phi) is 4.33. The molecule has 0 unspecified atom stereocenters. The number of hydrogen-bond acceptors (Lipinski definition) is 2. The van der Waals surface area contributed by atoms with Crippen molar-refractivity contribution in [3.63, 3.8) is 0 Å². The van der Waals surface area contributed by atoms with Gasteiger partial charge in [0.15, 0.2) is 0 Å². The van der Waals surface area contributed by atoms with E-state index >= 15 is 0 Å². The van der Waals surface area contributed by atoms with Crippen molar-refractivity contribution in [2.45, 2.75) is 0 Å². The van der Waals surface area contributed by atoms with Gasteiger partial charge in [-0.25, -0.2) is 0 Å². The highest BCUT2D eigenvalue weighted by Gasteiger charge is 2.20. The summed E-state index contributed by atoms with van der Waals surface area (Å²) in [6.07, 6.45) is 0. The predicted molar refractivity (Wildman–Crippen MR) is 75.1 cm³/mol. The third kappa shape index (κ3) is 2.81. The minimum atomic E-state index is 0.125. The number of carbonyl (C=O) groups excluding carboxylic acids is 1. The highest BCUT2D eigenvalue weighted by Crippen LogP contribution is 2.24. The lowest BCUT2D eigenvalue weighted by Crippen LogP contribution is -2.38. The van der Waals surface area contributed by atoms with Crippen molar-refractivity contribution in [1.82, 2.24) is 4.90 Å². The smallest absolute Gasteiger partial charge is 0.255 e. The van der Waals surface area contributed by atoms with Crippen molar-refractivity contribution in [1.29, 1.82) is 0 Å². The van der Waals surface area contributed by atoms with Gasteiger partial charge < -0.3 is 4.90 Å². The van der Waals surface area contributed by atoms with Crippen LogP contribution in [0, 0.1) is 0 Å². The van der Waals surface area contributed by atoms with Gasteiger partial charge in [0, 0.05) is 33.5 Å². The van der Waals surface area contributed by atoms with E-state index in [1.54, 1.807) is 0 Å². The molecule has 2 nitrogen and oxygen atoms in total. The number of carbonyl (C=O) groups is 1. The summed E-state index contributed by atoms with van der Waals surface area (Å²) >= 11 is 8.72. The molecule has 2 rings (SSSR count). The summed E-state index contributed by atoms with van der Waals surface area (Å²) in [5.41, 5.74) is 0.745. The van der Waals surface area contributed by atoms with Gasteiger partial charge in [-0.15, -0.1) is 0 Å². The second-order valence-electron chi connectivity index (χ2n) is 3.53. The molecule has 0 aliphatic carbocycles. The average molecular weight is 365 g/mol. The summed E-state index contributed by atoms with van der Waals surface area (Å²) in [4.78, 5) is 14.1. The van der Waals surface area contributed by atoms with Crippen LogP contribution in [-0.2, 0) is 0 Å². The molecule has 1 heterocycles. The fraction of sp³-hybridized carbons (Fsp3) is 0.364. The molecule has 5 heteroatoms. The van der Waals surface area contributed by atoms with Gasteiger partial charge in [0.25, 0.3) is 5.91 Å². The van der Waals surface area contributed by atoms with Crippen molar-refractivity contribution >= 4 is 49.5 Å². The second kappa shape index (κ2) is 5.56. The number of halogens is 2. The number of amides is 1. The third-order valence-corrected chi connectivity index (χ3v) is 4.55. The SMILES string of the molecule is O=C(c1ccc(Br)cc1Br)N1CCSCC1. The number of benzene rings is 1. The Hall–Kier alpha value is -0.000000000000000167. The lowest BCUT2D eigenvalue weighted by Gasteiger charge is -2.26. The topological polar surface area (TPSA) is 20.3 Å². The van der Waals surface area contributed by atoms with E-state index < -0.39 is 0 Å². The molecule has 1 amide bonds. The largest absolute Gasteiger partial charge is 0.337 e. The van der Waals surface area contributed by atoms with Crippen LogP contribution in [0.15, 0.2) is 27.1 Å². The van der Waals surface area contributed by atoms with E-state index in [2.05, 4.69) is 31.9 Å². The highest BCUT2D eigenvalue weighted by atomic mass is 79.9. The Balaban J connectivity index is 2.19. The van der Waals surface area contributed by atoms with Crippen LogP contribution >= 0.6 is 43.6 Å². The maximum absolute atomic E-state index is 12.2. The van der Waals surface area contributed by atoms with Crippen LogP contribution in [-0.4, -0.2) is 35.4 Å². The summed E-state index contributed by atoms with van der Waals surface area (Å²) in [5.74, 6) is 2.21. The van der Waals surface area contributed by atoms with Crippen LogP contribution in [0.1, 0.15) is 10.4 Å². The van der Waals surface area contributed by atoms with Crippen molar-refractivity contribution < 1.29 is 4.79 Å². The first kappa shape index (κ1) is 12.5. The van der Waals surface area contributed by atoms with Crippen LogP contribution in [0.25, 0.3) is 0 Å². The van der Waals surface area contributed by atoms with Gasteiger partial charge in [0.05, 0.1) is 5.56 Å². The Labute approximate surface area is 116 Å². The van der Waals surface area contributed by atoms with E-state index in [4.69, 9.17) is 0 Å². The van der Waals surface area contributed by atoms with E-state index in [-0.39, 0.29) is 5.91 Å². The Morgan fingerprint density at radius 1 is 1.25 bits per heavy atom. The van der Waals surface area contributed by atoms with Gasteiger partial charge in [0.2, 0.25) is 0 Å². The first-order chi connectivity index (χ1) is 7.68. The van der Waals surface area contributed by atoms with Crippen molar-refractivity contribution in [2.24, 2.45) is 0 Å². The molecule has 0 spiro atoms. The van der Waals surface area contributed by atoms with E-state index in [0.717, 1.165) is 39.1 Å². The van der Waals surface area contributed by atoms with E-state index in [1.165, 1.54) is 0 Å². The molecule has 1 aliphatic rings. The first-order valence-corrected chi connectivity index (χ1v) is 7.74. The van der Waals surface area contributed by atoms with Crippen LogP contribution in [0.3, 0.4) is 0 Å². The molecule has 0 aromatic heterocycles. The molecule has 86 valence electrons. The predicted octanol–water partition coefficient (Wildman–Crippen LogP) is 3.40. The molecule has 1 aromatic rings. The average Bonchev–Trinajstić information content (AvgIpc) is 2.29. The van der Waals surface area contributed by atoms with Gasteiger partial charge >= 0.3 is 0 Å². The molecule has 0 bridgehead atoms. The van der Waals surface area contributed by atoms with E-state index in [9.17, 15) is 4.79 Å². The second-order valence-corrected chi connectivity index (χ2v) is 6.52. The monoisotopic (exact) mass is 363 g/mol. The molecule has 0 saturated carbocycles. The molecule has 1 aromatic carbocycles. The maximum Gasteiger partial charge on any atom is 0.255 e. The summed E-state index contributed by atoms with van der Waals surface area (Å²) in [5, 5.41) is 0. The zero-order valence-electron chi connectivity index (χ0n) is 8.58. The normalized spacial score (nSPS) is 16.2. The van der Waals surface area contributed by atoms with Crippen LogP contribution in [0.5, 0.6) is 0 Å². The van der Waals surface area contributed by atoms with Crippen LogP contribution < -0.4 is 0 Å². The molecule has 16 heavy (non-hydrogen) atoms. The third-order valence-electron chi connectivity index (χ3n) is 2.46. The number of nitrogens with zero attached hydrogens (tertiary/aromatic N) is 1. The Morgan fingerprint density at radius 2 is 1.94 bits per heavy atom. The summed E-state index contributed by atoms with van der Waals surface area (Å²) < 4.78 is 1.83. The van der Waals surface area contributed by atoms with E-state index in [0.29, 0.717) is 0 Å². The molecular weight excluding hydrogens is 354 g/mol. The van der Waals surface area contributed by atoms with Gasteiger partial charge in [-0.1, -0.05) is 15.9 Å². The minimum Gasteiger partial charge on any atom is -0.337 e. The fourth-order valence-corrected chi connectivity index (χ4v) is 3.72. The van der Waals surface area contributed by atoms with Gasteiger partial charge in [-0.05, 0) is 34.1 Å². The van der Waals surface area contributed by atoms with Gasteiger partial charge in [0.1, 0.15) is 0 Å². The summed E-state index contributed by atoms with van der Waals surface area (Å²) in [6.45, 7) is 1.71. The molecular formula is C11H11Br2NOS. The molecule has 0 radical (unpaired) electrons. The quantitative estimate of drug-likeness (QED) is 0.761. The first-order valence-electron chi connectivity index (χ1n) is 5.00. The highest BCUT2D eigenvalue weighted by molar-refractivity contribution is 9.11. The number of hydrogen-bond donors (Lipinski definition) is 0. The van der Waals surface area contributed by atoms with Gasteiger partial charge in [-0.3, -0.25) is 4.79 Å². The Morgan fingerprint density at radius 3 is 2.56 bits per heavy atom. The zero-order chi connectivity index (χ0) is 11.5. The van der Waals surface area contributed by atoms with E-state index in [1.807, 2.05) is 34.9 Å². The van der Waals surface area contributed by atoms with Crippen molar-refractivity contribution in [3.05, 3.63) is 32.7 Å². The molecule has 1 saturated heterocycles. The van der Waals surface area contributed by atoms with Crippen molar-refractivity contribution in [3.8, 4) is 0 Å². The molecule has 1 aliphatic heterocycles. The molecule has 1 fully saturated rings. The number of rotatable bonds is 1. The van der Waals surface area contributed by atoms with Gasteiger partial charge in [-0.2, -0.15) is 11.8 Å². The summed E-state index contributed by atoms with van der Waals surface area (Å²) in [7, 11) is 0. The summed E-state index contributed by atoms with van der Waals surface area (Å²) in [6, 6.07) is 5.67. The minimum absolute atomic E-state index is 0.125. The zero-order valence-corrected chi connectivity index (χ0v) is 12.6. The number of thioether (sulfide) groups is 1. The lowest BCUT2D eigenvalue weighted by molar-refractivity contribution is 0.0771. The Bertz CT molecular complexity index is 405. The van der Waals surface area contributed by atoms with Crippen LogP contribution in [0.2, 0.25) is 0 Å². The standard InChI is InChI=1S/C11H11Br2NOS/c12-8-1-2-9(10(13)7-8)11(15)14-3-5-16-6-4-14/h1-2,7H,3-6H2.